The molecule has 0 atom stereocenters. The topological polar surface area (TPSA) is 46.9 Å². The highest BCUT2D eigenvalue weighted by Gasteiger charge is 2.07. The van der Waals surface area contributed by atoms with E-state index in [0.717, 1.165) is 16.7 Å². The lowest BCUT2D eigenvalue weighted by molar-refractivity contribution is -0.116. The Morgan fingerprint density at radius 1 is 1.15 bits per heavy atom. The van der Waals surface area contributed by atoms with E-state index in [9.17, 15) is 4.79 Å². The zero-order valence-corrected chi connectivity index (χ0v) is 11.3. The van der Waals surface area contributed by atoms with Crippen LogP contribution in [0.15, 0.2) is 54.9 Å². The lowest BCUT2D eigenvalue weighted by atomic mass is 10.3. The minimum Gasteiger partial charge on any atom is -0.325 e. The van der Waals surface area contributed by atoms with Gasteiger partial charge in [0.25, 0.3) is 0 Å². The Morgan fingerprint density at radius 2 is 1.90 bits per heavy atom. The van der Waals surface area contributed by atoms with E-state index in [1.54, 1.807) is 30.6 Å². The molecule has 0 saturated heterocycles. The fourth-order valence-electron chi connectivity index (χ4n) is 2.02. The number of benzene rings is 2. The summed E-state index contributed by atoms with van der Waals surface area (Å²) in [4.78, 5) is 16.3. The number of imidazole rings is 1. The second-order valence-electron chi connectivity index (χ2n) is 4.42. The minimum absolute atomic E-state index is 0.101. The molecule has 4 nitrogen and oxygen atoms in total. The Hall–Kier alpha value is -2.33. The Balaban J connectivity index is 1.74. The lowest BCUT2D eigenvalue weighted by Crippen LogP contribution is -2.18. The molecule has 3 rings (SSSR count). The van der Waals surface area contributed by atoms with Gasteiger partial charge < -0.3 is 9.88 Å². The van der Waals surface area contributed by atoms with Crippen LogP contribution in [0.5, 0.6) is 0 Å². The summed E-state index contributed by atoms with van der Waals surface area (Å²) in [6.45, 7) is 0.225. The van der Waals surface area contributed by atoms with Crippen molar-refractivity contribution < 1.29 is 4.79 Å². The number of hydrogen-bond donors (Lipinski definition) is 1. The Morgan fingerprint density at radius 3 is 2.70 bits per heavy atom. The first kappa shape index (κ1) is 12.7. The molecule has 0 aliphatic heterocycles. The normalized spacial score (nSPS) is 10.7. The number of hydrogen-bond acceptors (Lipinski definition) is 2. The van der Waals surface area contributed by atoms with Crippen molar-refractivity contribution in [3.8, 4) is 0 Å². The van der Waals surface area contributed by atoms with Gasteiger partial charge in [0.05, 0.1) is 17.4 Å². The molecule has 0 unspecified atom stereocenters. The highest BCUT2D eigenvalue weighted by molar-refractivity contribution is 6.30. The number of carbonyl (C=O) groups excluding carboxylic acids is 1. The van der Waals surface area contributed by atoms with Gasteiger partial charge in [0, 0.05) is 10.7 Å². The molecule has 1 N–H and O–H groups in total. The van der Waals surface area contributed by atoms with Gasteiger partial charge in [-0.05, 0) is 36.4 Å². The molecule has 20 heavy (non-hydrogen) atoms. The molecular formula is C15H12ClN3O. The average molecular weight is 286 g/mol. The van der Waals surface area contributed by atoms with Crippen LogP contribution in [-0.4, -0.2) is 15.5 Å². The van der Waals surface area contributed by atoms with Gasteiger partial charge in [-0.2, -0.15) is 0 Å². The van der Waals surface area contributed by atoms with Crippen molar-refractivity contribution in [2.75, 3.05) is 5.32 Å². The number of anilines is 1. The van der Waals surface area contributed by atoms with Crippen LogP contribution in [-0.2, 0) is 11.3 Å². The number of para-hydroxylation sites is 2. The van der Waals surface area contributed by atoms with Gasteiger partial charge in [0.1, 0.15) is 6.54 Å². The fourth-order valence-corrected chi connectivity index (χ4v) is 2.15. The summed E-state index contributed by atoms with van der Waals surface area (Å²) >= 11 is 5.80. The second kappa shape index (κ2) is 5.35. The predicted molar refractivity (Wildman–Crippen MR) is 79.8 cm³/mol. The zero-order valence-electron chi connectivity index (χ0n) is 10.6. The molecule has 0 saturated carbocycles. The largest absolute Gasteiger partial charge is 0.325 e. The van der Waals surface area contributed by atoms with E-state index in [0.29, 0.717) is 5.02 Å². The SMILES string of the molecule is O=C(Cn1cnc2ccccc21)Nc1ccc(Cl)cc1. The number of carbonyl (C=O) groups is 1. The first-order valence-corrected chi connectivity index (χ1v) is 6.55. The van der Waals surface area contributed by atoms with Gasteiger partial charge in [-0.1, -0.05) is 23.7 Å². The maximum Gasteiger partial charge on any atom is 0.244 e. The Kier molecular flexibility index (Phi) is 3.39. The number of aromatic nitrogens is 2. The van der Waals surface area contributed by atoms with Crippen molar-refractivity contribution >= 4 is 34.2 Å². The standard InChI is InChI=1S/C15H12ClN3O/c16-11-5-7-12(8-6-11)18-15(20)9-19-10-17-13-3-1-2-4-14(13)19/h1-8,10H,9H2,(H,18,20). The second-order valence-corrected chi connectivity index (χ2v) is 4.85. The van der Waals surface area contributed by atoms with Crippen LogP contribution in [0.1, 0.15) is 0 Å². The van der Waals surface area contributed by atoms with E-state index in [4.69, 9.17) is 11.6 Å². The molecule has 5 heteroatoms. The molecule has 0 radical (unpaired) electrons. The molecule has 100 valence electrons. The molecule has 3 aromatic rings. The fraction of sp³-hybridized carbons (Fsp3) is 0.0667. The number of rotatable bonds is 3. The number of fused-ring (bicyclic) bond motifs is 1. The quantitative estimate of drug-likeness (QED) is 0.802. The molecule has 0 aliphatic rings. The van der Waals surface area contributed by atoms with E-state index < -0.39 is 0 Å². The van der Waals surface area contributed by atoms with E-state index in [2.05, 4.69) is 10.3 Å². The van der Waals surface area contributed by atoms with Crippen molar-refractivity contribution in [3.63, 3.8) is 0 Å². The molecular weight excluding hydrogens is 274 g/mol. The highest BCUT2D eigenvalue weighted by atomic mass is 35.5. The maximum absolute atomic E-state index is 12.0. The van der Waals surface area contributed by atoms with Crippen LogP contribution in [0, 0.1) is 0 Å². The molecule has 2 aromatic carbocycles. The molecule has 0 bridgehead atoms. The van der Waals surface area contributed by atoms with Crippen LogP contribution < -0.4 is 5.32 Å². The van der Waals surface area contributed by atoms with Crippen molar-refractivity contribution in [2.24, 2.45) is 0 Å². The van der Waals surface area contributed by atoms with Gasteiger partial charge in [0.15, 0.2) is 0 Å². The van der Waals surface area contributed by atoms with Crippen LogP contribution >= 0.6 is 11.6 Å². The van der Waals surface area contributed by atoms with Crippen LogP contribution in [0.25, 0.3) is 11.0 Å². The summed E-state index contributed by atoms with van der Waals surface area (Å²) in [6.07, 6.45) is 1.67. The summed E-state index contributed by atoms with van der Waals surface area (Å²) in [7, 11) is 0. The van der Waals surface area contributed by atoms with Crippen LogP contribution in [0.2, 0.25) is 5.02 Å². The third-order valence-electron chi connectivity index (χ3n) is 2.97. The van der Waals surface area contributed by atoms with Gasteiger partial charge in [-0.15, -0.1) is 0 Å². The van der Waals surface area contributed by atoms with Gasteiger partial charge in [-0.3, -0.25) is 4.79 Å². The van der Waals surface area contributed by atoms with Crippen molar-refractivity contribution in [1.82, 2.24) is 9.55 Å². The maximum atomic E-state index is 12.0. The minimum atomic E-state index is -0.101. The first-order valence-electron chi connectivity index (χ1n) is 6.18. The molecule has 0 aliphatic carbocycles. The number of amides is 1. The van der Waals surface area contributed by atoms with E-state index in [1.165, 1.54) is 0 Å². The average Bonchev–Trinajstić information content (AvgIpc) is 2.85. The molecule has 1 heterocycles. The predicted octanol–water partition coefficient (Wildman–Crippen LogP) is 3.33. The van der Waals surface area contributed by atoms with Crippen LogP contribution in [0.3, 0.4) is 0 Å². The molecule has 1 amide bonds. The lowest BCUT2D eigenvalue weighted by Gasteiger charge is -2.06. The van der Waals surface area contributed by atoms with E-state index >= 15 is 0 Å². The Labute approximate surface area is 121 Å². The van der Waals surface area contributed by atoms with Gasteiger partial charge in [0.2, 0.25) is 5.91 Å². The highest BCUT2D eigenvalue weighted by Crippen LogP contribution is 2.14. The van der Waals surface area contributed by atoms with E-state index in [1.807, 2.05) is 28.8 Å². The molecule has 0 spiro atoms. The van der Waals surface area contributed by atoms with Gasteiger partial charge in [-0.25, -0.2) is 4.98 Å². The monoisotopic (exact) mass is 285 g/mol. The van der Waals surface area contributed by atoms with Crippen molar-refractivity contribution in [2.45, 2.75) is 6.54 Å². The smallest absolute Gasteiger partial charge is 0.244 e. The van der Waals surface area contributed by atoms with Gasteiger partial charge >= 0.3 is 0 Å². The summed E-state index contributed by atoms with van der Waals surface area (Å²) in [5.41, 5.74) is 2.55. The van der Waals surface area contributed by atoms with E-state index in [-0.39, 0.29) is 12.5 Å². The third-order valence-corrected chi connectivity index (χ3v) is 3.22. The van der Waals surface area contributed by atoms with Crippen molar-refractivity contribution in [1.29, 1.82) is 0 Å². The first-order chi connectivity index (χ1) is 9.72. The molecule has 0 fully saturated rings. The number of halogens is 1. The summed E-state index contributed by atoms with van der Waals surface area (Å²) in [5, 5.41) is 3.47. The molecule has 1 aromatic heterocycles. The zero-order chi connectivity index (χ0) is 13.9. The summed E-state index contributed by atoms with van der Waals surface area (Å²) in [5.74, 6) is -0.101. The Bertz CT molecular complexity index is 749. The number of nitrogens with zero attached hydrogens (tertiary/aromatic N) is 2. The summed E-state index contributed by atoms with van der Waals surface area (Å²) in [6, 6.07) is 14.7. The summed E-state index contributed by atoms with van der Waals surface area (Å²) < 4.78 is 1.82. The van der Waals surface area contributed by atoms with Crippen LogP contribution in [0.4, 0.5) is 5.69 Å². The van der Waals surface area contributed by atoms with Crippen molar-refractivity contribution in [3.05, 3.63) is 59.9 Å². The third kappa shape index (κ3) is 2.65. The number of nitrogens with one attached hydrogen (secondary N) is 1.